The van der Waals surface area contributed by atoms with Crippen LogP contribution in [0, 0.1) is 11.6 Å². The van der Waals surface area contributed by atoms with E-state index in [0.29, 0.717) is 6.07 Å². The van der Waals surface area contributed by atoms with E-state index in [0.717, 1.165) is 24.3 Å². The van der Waals surface area contributed by atoms with Gasteiger partial charge in [0.15, 0.2) is 0 Å². The third-order valence-electron chi connectivity index (χ3n) is 2.53. The zero-order valence-electron chi connectivity index (χ0n) is 10.7. The van der Waals surface area contributed by atoms with E-state index in [9.17, 15) is 26.7 Å². The summed E-state index contributed by atoms with van der Waals surface area (Å²) in [7, 11) is 0. The predicted octanol–water partition coefficient (Wildman–Crippen LogP) is 4.83. The first-order valence-electron chi connectivity index (χ1n) is 5.87. The maximum atomic E-state index is 13.4. The largest absolute Gasteiger partial charge is 0.446 e. The minimum atomic E-state index is -4.42. The van der Waals surface area contributed by atoms with Gasteiger partial charge in [0.05, 0.1) is 5.69 Å². The van der Waals surface area contributed by atoms with E-state index in [-0.39, 0.29) is 27.9 Å². The first-order chi connectivity index (χ1) is 10.2. The molecule has 0 aliphatic carbocycles. The lowest BCUT2D eigenvalue weighted by atomic mass is 10.2. The van der Waals surface area contributed by atoms with Gasteiger partial charge in [0.2, 0.25) is 0 Å². The molecule has 0 saturated heterocycles. The highest BCUT2D eigenvalue weighted by Crippen LogP contribution is 2.36. The fourth-order valence-corrected chi connectivity index (χ4v) is 2.13. The van der Waals surface area contributed by atoms with E-state index < -0.39 is 23.0 Å². The van der Waals surface area contributed by atoms with Gasteiger partial charge in [0.1, 0.15) is 11.6 Å². The molecular formula is C14H8F5NOS. The lowest BCUT2D eigenvalue weighted by Crippen LogP contribution is -2.13. The number of nitrogens with one attached hydrogen (secondary N) is 1. The molecule has 0 spiro atoms. The zero-order chi connectivity index (χ0) is 16.3. The average molecular weight is 333 g/mol. The summed E-state index contributed by atoms with van der Waals surface area (Å²) in [5, 5.41) is 2.21. The van der Waals surface area contributed by atoms with Crippen molar-refractivity contribution in [2.24, 2.45) is 0 Å². The Morgan fingerprint density at radius 3 is 2.18 bits per heavy atom. The minimum Gasteiger partial charge on any atom is -0.319 e. The highest BCUT2D eigenvalue weighted by molar-refractivity contribution is 8.00. The SMILES string of the molecule is O=C(Nc1ccc(F)cc1F)c1ccc(SC(F)(F)F)cc1. The number of thioether (sulfide) groups is 1. The molecule has 22 heavy (non-hydrogen) atoms. The number of anilines is 1. The van der Waals surface area contributed by atoms with Crippen molar-refractivity contribution in [3.63, 3.8) is 0 Å². The minimum absolute atomic E-state index is 0.0512. The summed E-state index contributed by atoms with van der Waals surface area (Å²) in [6, 6.07) is 7.27. The van der Waals surface area contributed by atoms with Gasteiger partial charge in [-0.15, -0.1) is 0 Å². The van der Waals surface area contributed by atoms with E-state index in [4.69, 9.17) is 0 Å². The molecule has 0 unspecified atom stereocenters. The van der Waals surface area contributed by atoms with E-state index in [2.05, 4.69) is 5.32 Å². The van der Waals surface area contributed by atoms with Crippen molar-refractivity contribution < 1.29 is 26.7 Å². The molecule has 2 rings (SSSR count). The van der Waals surface area contributed by atoms with Crippen molar-refractivity contribution in [3.05, 3.63) is 59.7 Å². The first kappa shape index (κ1) is 16.3. The van der Waals surface area contributed by atoms with E-state index >= 15 is 0 Å². The highest BCUT2D eigenvalue weighted by Gasteiger charge is 2.29. The van der Waals surface area contributed by atoms with Crippen molar-refractivity contribution in [2.45, 2.75) is 10.4 Å². The molecular weight excluding hydrogens is 325 g/mol. The molecule has 0 fully saturated rings. The van der Waals surface area contributed by atoms with Gasteiger partial charge >= 0.3 is 5.51 Å². The van der Waals surface area contributed by atoms with Crippen molar-refractivity contribution in [3.8, 4) is 0 Å². The second-order valence-corrected chi connectivity index (χ2v) is 5.29. The Hall–Kier alpha value is -2.09. The molecule has 2 aromatic rings. The second kappa shape index (κ2) is 6.35. The summed E-state index contributed by atoms with van der Waals surface area (Å²) in [5.74, 6) is -2.45. The molecule has 0 radical (unpaired) electrons. The van der Waals surface area contributed by atoms with Crippen LogP contribution in [0.4, 0.5) is 27.6 Å². The standard InChI is InChI=1S/C14H8F5NOS/c15-9-3-6-12(11(16)7-9)20-13(21)8-1-4-10(5-2-8)22-14(17,18)19/h1-7H,(H,20,21). The molecule has 116 valence electrons. The van der Waals surface area contributed by atoms with Crippen LogP contribution in [0.2, 0.25) is 0 Å². The highest BCUT2D eigenvalue weighted by atomic mass is 32.2. The Morgan fingerprint density at radius 1 is 1.00 bits per heavy atom. The summed E-state index contributed by atoms with van der Waals surface area (Å²) in [6.45, 7) is 0. The van der Waals surface area contributed by atoms with Gasteiger partial charge in [-0.2, -0.15) is 13.2 Å². The van der Waals surface area contributed by atoms with Gasteiger partial charge in [0.25, 0.3) is 5.91 Å². The number of hydrogen-bond donors (Lipinski definition) is 1. The second-order valence-electron chi connectivity index (χ2n) is 4.15. The molecule has 8 heteroatoms. The Morgan fingerprint density at radius 2 is 1.64 bits per heavy atom. The third kappa shape index (κ3) is 4.45. The van der Waals surface area contributed by atoms with Gasteiger partial charge in [-0.25, -0.2) is 8.78 Å². The molecule has 1 amide bonds. The fraction of sp³-hybridized carbons (Fsp3) is 0.0714. The number of hydrogen-bond acceptors (Lipinski definition) is 2. The molecule has 0 atom stereocenters. The van der Waals surface area contributed by atoms with Gasteiger partial charge in [-0.05, 0) is 48.2 Å². The summed E-state index contributed by atoms with van der Waals surface area (Å²) in [6.07, 6.45) is 0. The number of carbonyl (C=O) groups is 1. The van der Waals surface area contributed by atoms with Crippen LogP contribution in [0.1, 0.15) is 10.4 Å². The summed E-state index contributed by atoms with van der Waals surface area (Å²) in [5.41, 5.74) is -4.59. The Labute approximate surface area is 126 Å². The topological polar surface area (TPSA) is 29.1 Å². The molecule has 0 aromatic heterocycles. The molecule has 0 aliphatic rings. The molecule has 0 aliphatic heterocycles. The van der Waals surface area contributed by atoms with Gasteiger partial charge in [-0.3, -0.25) is 4.79 Å². The third-order valence-corrected chi connectivity index (χ3v) is 3.27. The van der Waals surface area contributed by atoms with Gasteiger partial charge in [0, 0.05) is 16.5 Å². The van der Waals surface area contributed by atoms with Crippen molar-refractivity contribution >= 4 is 23.4 Å². The monoisotopic (exact) mass is 333 g/mol. The van der Waals surface area contributed by atoms with Crippen LogP contribution < -0.4 is 5.32 Å². The number of rotatable bonds is 3. The summed E-state index contributed by atoms with van der Waals surface area (Å²) in [4.78, 5) is 11.8. The normalized spacial score (nSPS) is 11.3. The number of benzene rings is 2. The molecule has 0 bridgehead atoms. The first-order valence-corrected chi connectivity index (χ1v) is 6.68. The predicted molar refractivity (Wildman–Crippen MR) is 72.7 cm³/mol. The smallest absolute Gasteiger partial charge is 0.319 e. The van der Waals surface area contributed by atoms with E-state index in [1.807, 2.05) is 0 Å². The molecule has 0 saturated carbocycles. The van der Waals surface area contributed by atoms with Crippen LogP contribution in [0.5, 0.6) is 0 Å². The number of amides is 1. The number of alkyl halides is 3. The van der Waals surface area contributed by atoms with Crippen LogP contribution in [0.25, 0.3) is 0 Å². The molecule has 2 aromatic carbocycles. The molecule has 0 heterocycles. The van der Waals surface area contributed by atoms with Crippen LogP contribution >= 0.6 is 11.8 Å². The van der Waals surface area contributed by atoms with E-state index in [1.54, 1.807) is 0 Å². The van der Waals surface area contributed by atoms with Crippen LogP contribution in [0.15, 0.2) is 47.4 Å². The van der Waals surface area contributed by atoms with Gasteiger partial charge < -0.3 is 5.32 Å². The Bertz CT molecular complexity index is 685. The van der Waals surface area contributed by atoms with Gasteiger partial charge in [-0.1, -0.05) is 0 Å². The lowest BCUT2D eigenvalue weighted by Gasteiger charge is -2.08. The number of halogens is 5. The van der Waals surface area contributed by atoms with Crippen molar-refractivity contribution in [1.29, 1.82) is 0 Å². The molecule has 2 nitrogen and oxygen atoms in total. The quantitative estimate of drug-likeness (QED) is 0.644. The summed E-state index contributed by atoms with van der Waals surface area (Å²) >= 11 is -0.304. The zero-order valence-corrected chi connectivity index (χ0v) is 11.6. The Kier molecular flexibility index (Phi) is 4.70. The van der Waals surface area contributed by atoms with Crippen LogP contribution in [0.3, 0.4) is 0 Å². The fourth-order valence-electron chi connectivity index (χ4n) is 1.59. The van der Waals surface area contributed by atoms with Crippen LogP contribution in [-0.2, 0) is 0 Å². The van der Waals surface area contributed by atoms with E-state index in [1.165, 1.54) is 12.1 Å². The maximum absolute atomic E-state index is 13.4. The maximum Gasteiger partial charge on any atom is 0.446 e. The average Bonchev–Trinajstić information content (AvgIpc) is 2.41. The van der Waals surface area contributed by atoms with Crippen molar-refractivity contribution in [1.82, 2.24) is 0 Å². The van der Waals surface area contributed by atoms with Crippen molar-refractivity contribution in [2.75, 3.05) is 5.32 Å². The summed E-state index contributed by atoms with van der Waals surface area (Å²) < 4.78 is 62.7. The van der Waals surface area contributed by atoms with Crippen LogP contribution in [-0.4, -0.2) is 11.4 Å². The molecule has 1 N–H and O–H groups in total. The Balaban J connectivity index is 2.10. The number of carbonyl (C=O) groups excluding carboxylic acids is 1. The lowest BCUT2D eigenvalue weighted by molar-refractivity contribution is -0.0328.